The topological polar surface area (TPSA) is 102 Å². The molecule has 0 radical (unpaired) electrons. The van der Waals surface area contributed by atoms with Gasteiger partial charge in [-0.25, -0.2) is 0 Å². The van der Waals surface area contributed by atoms with Gasteiger partial charge in [0.15, 0.2) is 0 Å². The molecule has 1 saturated heterocycles. The Bertz CT molecular complexity index is 716. The minimum Gasteiger partial charge on any atom is -0.391 e. The fourth-order valence-electron chi connectivity index (χ4n) is 2.79. The Morgan fingerprint density at radius 2 is 2.27 bits per heavy atom. The number of amides is 1. The molecule has 2 aromatic heterocycles. The Balaban J connectivity index is 1.68. The third-order valence-corrected chi connectivity index (χ3v) is 3.96. The summed E-state index contributed by atoms with van der Waals surface area (Å²) in [6.45, 7) is 2.70. The summed E-state index contributed by atoms with van der Waals surface area (Å²) in [5, 5.41) is 17.2. The average Bonchev–Trinajstić information content (AvgIpc) is 3.06. The van der Waals surface area contributed by atoms with E-state index >= 15 is 0 Å². The van der Waals surface area contributed by atoms with Crippen molar-refractivity contribution < 1.29 is 9.90 Å². The van der Waals surface area contributed by atoms with Crippen LogP contribution in [0.3, 0.4) is 0 Å². The van der Waals surface area contributed by atoms with Crippen molar-refractivity contribution in [2.24, 2.45) is 5.92 Å². The molecule has 0 saturated carbocycles. The van der Waals surface area contributed by atoms with Crippen LogP contribution >= 0.6 is 0 Å². The fraction of sp³-hybridized carbons (Fsp3) is 0.400. The van der Waals surface area contributed by atoms with Gasteiger partial charge in [-0.3, -0.25) is 14.7 Å². The van der Waals surface area contributed by atoms with Crippen LogP contribution in [0, 0.1) is 12.8 Å². The molecule has 1 amide bonds. The number of aromatic amines is 2. The molecule has 7 nitrogen and oxygen atoms in total. The number of aromatic nitrogens is 3. The lowest BCUT2D eigenvalue weighted by molar-refractivity contribution is 0.0764. The smallest absolute Gasteiger partial charge is 0.255 e. The van der Waals surface area contributed by atoms with Crippen LogP contribution in [0.2, 0.25) is 0 Å². The normalized spacial score (nSPS) is 21.3. The van der Waals surface area contributed by atoms with E-state index < -0.39 is 6.10 Å². The standard InChI is InChI=1S/C15H18N4O3/c1-9-4-12(18-17-9)5-11-7-19(8-13(11)20)15(22)10-2-3-14(21)16-6-10/h2-4,6,11,13,20H,5,7-8H2,1H3,(H,16,21)(H,17,18)/t11-,13-/m1/s1. The molecule has 1 fully saturated rings. The number of rotatable bonds is 3. The molecule has 1 aliphatic heterocycles. The second-order valence-electron chi connectivity index (χ2n) is 5.73. The maximum atomic E-state index is 12.4. The Morgan fingerprint density at radius 3 is 2.91 bits per heavy atom. The van der Waals surface area contributed by atoms with E-state index in [-0.39, 0.29) is 17.4 Å². The summed E-state index contributed by atoms with van der Waals surface area (Å²) in [5.74, 6) is -0.217. The highest BCUT2D eigenvalue weighted by Crippen LogP contribution is 2.22. The summed E-state index contributed by atoms with van der Waals surface area (Å²) in [6.07, 6.45) is 1.46. The van der Waals surface area contributed by atoms with Gasteiger partial charge in [0.25, 0.3) is 5.91 Å². The second kappa shape index (κ2) is 5.76. The zero-order valence-corrected chi connectivity index (χ0v) is 12.2. The van der Waals surface area contributed by atoms with Crippen molar-refractivity contribution in [3.8, 4) is 0 Å². The third-order valence-electron chi connectivity index (χ3n) is 3.96. The van der Waals surface area contributed by atoms with Gasteiger partial charge in [0, 0.05) is 37.0 Å². The predicted molar refractivity (Wildman–Crippen MR) is 79.5 cm³/mol. The number of nitrogens with one attached hydrogen (secondary N) is 2. The van der Waals surface area contributed by atoms with Crippen molar-refractivity contribution in [1.29, 1.82) is 0 Å². The van der Waals surface area contributed by atoms with Gasteiger partial charge < -0.3 is 15.0 Å². The summed E-state index contributed by atoms with van der Waals surface area (Å²) in [7, 11) is 0. The van der Waals surface area contributed by atoms with E-state index in [1.165, 1.54) is 18.3 Å². The molecule has 22 heavy (non-hydrogen) atoms. The van der Waals surface area contributed by atoms with Crippen molar-refractivity contribution >= 4 is 5.91 Å². The van der Waals surface area contributed by atoms with Crippen molar-refractivity contribution in [3.63, 3.8) is 0 Å². The maximum Gasteiger partial charge on any atom is 0.255 e. The van der Waals surface area contributed by atoms with Crippen LogP contribution in [0.15, 0.2) is 29.2 Å². The van der Waals surface area contributed by atoms with Gasteiger partial charge in [0.1, 0.15) is 0 Å². The van der Waals surface area contributed by atoms with Crippen LogP contribution < -0.4 is 5.56 Å². The quantitative estimate of drug-likeness (QED) is 0.747. The van der Waals surface area contributed by atoms with E-state index in [0.717, 1.165) is 11.4 Å². The van der Waals surface area contributed by atoms with Gasteiger partial charge in [-0.05, 0) is 25.5 Å². The van der Waals surface area contributed by atoms with E-state index in [1.807, 2.05) is 13.0 Å². The molecule has 0 spiro atoms. The average molecular weight is 302 g/mol. The van der Waals surface area contributed by atoms with Crippen LogP contribution in [-0.2, 0) is 6.42 Å². The van der Waals surface area contributed by atoms with Crippen molar-refractivity contribution in [2.45, 2.75) is 19.4 Å². The number of β-amino-alcohol motifs (C(OH)–C–C–N with tert-alkyl or cyclic N) is 1. The molecule has 0 unspecified atom stereocenters. The number of likely N-dealkylation sites (tertiary alicyclic amines) is 1. The number of pyridine rings is 1. The number of aryl methyl sites for hydroxylation is 1. The molecule has 2 atom stereocenters. The number of carbonyl (C=O) groups excluding carboxylic acids is 1. The number of carbonyl (C=O) groups is 1. The molecular formula is C15H18N4O3. The second-order valence-corrected chi connectivity index (χ2v) is 5.73. The molecule has 2 aromatic rings. The van der Waals surface area contributed by atoms with Crippen LogP contribution in [-0.4, -0.2) is 50.3 Å². The summed E-state index contributed by atoms with van der Waals surface area (Å²) in [5.41, 5.74) is 2.04. The van der Waals surface area contributed by atoms with Crippen LogP contribution in [0.25, 0.3) is 0 Å². The summed E-state index contributed by atoms with van der Waals surface area (Å²) in [4.78, 5) is 27.5. The number of nitrogens with zero attached hydrogens (tertiary/aromatic N) is 2. The Labute approximate surface area is 127 Å². The Kier molecular flexibility index (Phi) is 3.81. The van der Waals surface area contributed by atoms with Crippen molar-refractivity contribution in [3.05, 3.63) is 51.7 Å². The number of aliphatic hydroxyl groups is 1. The third kappa shape index (κ3) is 2.94. The molecule has 1 aliphatic rings. The van der Waals surface area contributed by atoms with Crippen LogP contribution in [0.4, 0.5) is 0 Å². The summed E-state index contributed by atoms with van der Waals surface area (Å²) in [6, 6.07) is 4.76. The zero-order valence-electron chi connectivity index (χ0n) is 12.2. The van der Waals surface area contributed by atoms with Gasteiger partial charge in [-0.2, -0.15) is 5.10 Å². The first kappa shape index (κ1) is 14.5. The van der Waals surface area contributed by atoms with Crippen molar-refractivity contribution in [1.82, 2.24) is 20.1 Å². The minimum atomic E-state index is -0.566. The number of hydrogen-bond donors (Lipinski definition) is 3. The first-order valence-electron chi connectivity index (χ1n) is 7.20. The number of hydrogen-bond acceptors (Lipinski definition) is 4. The predicted octanol–water partition coefficient (Wildman–Crippen LogP) is 0.0820. The van der Waals surface area contributed by atoms with Gasteiger partial charge >= 0.3 is 0 Å². The van der Waals surface area contributed by atoms with Gasteiger partial charge in [-0.1, -0.05) is 0 Å². The SMILES string of the molecule is Cc1cc(C[C@@H]2CN(C(=O)c3ccc(=O)[nH]c3)C[C@H]2O)n[nH]1. The van der Waals surface area contributed by atoms with E-state index in [2.05, 4.69) is 15.2 Å². The highest BCUT2D eigenvalue weighted by atomic mass is 16.3. The maximum absolute atomic E-state index is 12.4. The lowest BCUT2D eigenvalue weighted by atomic mass is 10.0. The first-order valence-corrected chi connectivity index (χ1v) is 7.20. The molecule has 7 heteroatoms. The summed E-state index contributed by atoms with van der Waals surface area (Å²) >= 11 is 0. The molecular weight excluding hydrogens is 284 g/mol. The highest BCUT2D eigenvalue weighted by molar-refractivity contribution is 5.94. The van der Waals surface area contributed by atoms with Gasteiger partial charge in [0.2, 0.25) is 5.56 Å². The molecule has 0 aliphatic carbocycles. The number of aliphatic hydroxyl groups excluding tert-OH is 1. The zero-order chi connectivity index (χ0) is 15.7. The minimum absolute atomic E-state index is 0.0330. The summed E-state index contributed by atoms with van der Waals surface area (Å²) < 4.78 is 0. The van der Waals surface area contributed by atoms with Crippen molar-refractivity contribution in [2.75, 3.05) is 13.1 Å². The lowest BCUT2D eigenvalue weighted by Crippen LogP contribution is -2.30. The fourth-order valence-corrected chi connectivity index (χ4v) is 2.79. The van der Waals surface area contributed by atoms with Crippen LogP contribution in [0.5, 0.6) is 0 Å². The molecule has 3 N–H and O–H groups in total. The first-order chi connectivity index (χ1) is 10.5. The van der Waals surface area contributed by atoms with Crippen LogP contribution in [0.1, 0.15) is 21.7 Å². The largest absolute Gasteiger partial charge is 0.391 e. The Hall–Kier alpha value is -2.41. The van der Waals surface area contributed by atoms with E-state index in [9.17, 15) is 14.7 Å². The number of H-pyrrole nitrogens is 2. The van der Waals surface area contributed by atoms with Gasteiger partial charge in [0.05, 0.1) is 17.4 Å². The molecule has 116 valence electrons. The highest BCUT2D eigenvalue weighted by Gasteiger charge is 2.34. The molecule has 3 rings (SSSR count). The molecule has 3 heterocycles. The monoisotopic (exact) mass is 302 g/mol. The van der Waals surface area contributed by atoms with E-state index in [0.29, 0.717) is 25.1 Å². The van der Waals surface area contributed by atoms with Gasteiger partial charge in [-0.15, -0.1) is 0 Å². The van der Waals surface area contributed by atoms with E-state index in [1.54, 1.807) is 4.90 Å². The molecule has 0 aromatic carbocycles. The Morgan fingerprint density at radius 1 is 1.45 bits per heavy atom. The molecule has 0 bridgehead atoms. The van der Waals surface area contributed by atoms with E-state index in [4.69, 9.17) is 0 Å². The lowest BCUT2D eigenvalue weighted by Gasteiger charge is -2.15.